The van der Waals surface area contributed by atoms with Crippen LogP contribution in [0.4, 0.5) is 0 Å². The lowest BCUT2D eigenvalue weighted by Crippen LogP contribution is -1.75. The highest BCUT2D eigenvalue weighted by atomic mass is 32.1. The first-order valence-corrected chi connectivity index (χ1v) is 4.42. The van der Waals surface area contributed by atoms with Gasteiger partial charge in [-0.15, -0.1) is 11.3 Å². The van der Waals surface area contributed by atoms with E-state index < -0.39 is 0 Å². The van der Waals surface area contributed by atoms with Crippen LogP contribution >= 0.6 is 11.3 Å². The molecule has 1 aromatic rings. The highest BCUT2D eigenvalue weighted by molar-refractivity contribution is 7.12. The van der Waals surface area contributed by atoms with Crippen LogP contribution in [0.5, 0.6) is 0 Å². The number of aldehydes is 1. The smallest absolute Gasteiger partial charge is 0.131 e. The molecule has 0 bridgehead atoms. The van der Waals surface area contributed by atoms with Crippen LogP contribution in [-0.4, -0.2) is 11.3 Å². The van der Waals surface area contributed by atoms with Crippen LogP contribution in [-0.2, 0) is 4.79 Å². The lowest BCUT2D eigenvalue weighted by molar-refractivity contribution is -0.107. The van der Waals surface area contributed by atoms with E-state index in [0.717, 1.165) is 21.9 Å². The standard InChI is InChI=1S/C9H9NOS/c1-7-9(5-3-4-6-11)12-8(2)10-7/h6H,4H2,1-2H3. The Labute approximate surface area is 75.6 Å². The summed E-state index contributed by atoms with van der Waals surface area (Å²) in [5.41, 5.74) is 0.955. The van der Waals surface area contributed by atoms with E-state index in [2.05, 4.69) is 16.8 Å². The van der Waals surface area contributed by atoms with Gasteiger partial charge >= 0.3 is 0 Å². The summed E-state index contributed by atoms with van der Waals surface area (Å²) in [6.45, 7) is 3.87. The Morgan fingerprint density at radius 1 is 1.58 bits per heavy atom. The van der Waals surface area contributed by atoms with E-state index in [0.29, 0.717) is 6.42 Å². The van der Waals surface area contributed by atoms with Gasteiger partial charge in [-0.1, -0.05) is 11.8 Å². The lowest BCUT2D eigenvalue weighted by atomic mass is 10.3. The molecule has 3 heteroatoms. The molecule has 0 radical (unpaired) electrons. The Kier molecular flexibility index (Phi) is 3.01. The highest BCUT2D eigenvalue weighted by Crippen LogP contribution is 2.15. The molecule has 1 rings (SSSR count). The van der Waals surface area contributed by atoms with Crippen molar-refractivity contribution in [3.05, 3.63) is 15.6 Å². The number of carbonyl (C=O) groups excluding carboxylic acids is 1. The average Bonchev–Trinajstić information content (AvgIpc) is 2.31. The third-order valence-corrected chi connectivity index (χ3v) is 2.28. The molecule has 0 aliphatic heterocycles. The lowest BCUT2D eigenvalue weighted by Gasteiger charge is -1.79. The summed E-state index contributed by atoms with van der Waals surface area (Å²) in [6.07, 6.45) is 1.10. The molecule has 0 spiro atoms. The molecule has 0 saturated heterocycles. The summed E-state index contributed by atoms with van der Waals surface area (Å²) >= 11 is 1.56. The molecule has 0 amide bonds. The third-order valence-electron chi connectivity index (χ3n) is 1.29. The SMILES string of the molecule is Cc1nc(C)c(C#CCC=O)s1. The maximum absolute atomic E-state index is 9.97. The second kappa shape index (κ2) is 4.03. The van der Waals surface area contributed by atoms with Crippen molar-refractivity contribution in [3.63, 3.8) is 0 Å². The normalized spacial score (nSPS) is 8.83. The first-order chi connectivity index (χ1) is 5.74. The largest absolute Gasteiger partial charge is 0.302 e. The number of nitrogens with zero attached hydrogens (tertiary/aromatic N) is 1. The molecule has 0 aliphatic carbocycles. The Morgan fingerprint density at radius 2 is 2.33 bits per heavy atom. The molecule has 1 aromatic heterocycles. The van der Waals surface area contributed by atoms with Gasteiger partial charge in [0.2, 0.25) is 0 Å². The number of hydrogen-bond donors (Lipinski definition) is 0. The number of rotatable bonds is 1. The minimum atomic E-state index is 0.302. The second-order valence-corrected chi connectivity index (χ2v) is 3.52. The van der Waals surface area contributed by atoms with Gasteiger partial charge < -0.3 is 4.79 Å². The molecule has 0 fully saturated rings. The Morgan fingerprint density at radius 3 is 2.83 bits per heavy atom. The van der Waals surface area contributed by atoms with Crippen LogP contribution in [0.15, 0.2) is 0 Å². The van der Waals surface area contributed by atoms with E-state index in [-0.39, 0.29) is 0 Å². The van der Waals surface area contributed by atoms with Crippen molar-refractivity contribution in [1.82, 2.24) is 4.98 Å². The van der Waals surface area contributed by atoms with Crippen LogP contribution in [0, 0.1) is 25.7 Å². The van der Waals surface area contributed by atoms with E-state index in [1.807, 2.05) is 13.8 Å². The fourth-order valence-electron chi connectivity index (χ4n) is 0.820. The zero-order valence-corrected chi connectivity index (χ0v) is 7.86. The average molecular weight is 179 g/mol. The first-order valence-electron chi connectivity index (χ1n) is 3.60. The molecule has 0 atom stereocenters. The minimum Gasteiger partial charge on any atom is -0.302 e. The Balaban J connectivity index is 2.83. The van der Waals surface area contributed by atoms with Crippen molar-refractivity contribution in [2.75, 3.05) is 0 Å². The predicted octanol–water partition coefficient (Wildman–Crippen LogP) is 1.70. The van der Waals surface area contributed by atoms with Crippen molar-refractivity contribution in [1.29, 1.82) is 0 Å². The van der Waals surface area contributed by atoms with Gasteiger partial charge in [-0.3, -0.25) is 0 Å². The van der Waals surface area contributed by atoms with E-state index in [1.54, 1.807) is 11.3 Å². The van der Waals surface area contributed by atoms with Gasteiger partial charge in [0, 0.05) is 0 Å². The molecule has 0 aromatic carbocycles. The van der Waals surface area contributed by atoms with Crippen molar-refractivity contribution in [3.8, 4) is 11.8 Å². The number of thiazole rings is 1. The monoisotopic (exact) mass is 179 g/mol. The van der Waals surface area contributed by atoms with Crippen LogP contribution in [0.1, 0.15) is 22.0 Å². The molecule has 0 aliphatic rings. The molecule has 1 heterocycles. The summed E-state index contributed by atoms with van der Waals surface area (Å²) in [5, 5.41) is 1.02. The Bertz CT molecular complexity index is 343. The van der Waals surface area contributed by atoms with Crippen molar-refractivity contribution in [2.24, 2.45) is 0 Å². The predicted molar refractivity (Wildman–Crippen MR) is 49.1 cm³/mol. The zero-order valence-electron chi connectivity index (χ0n) is 7.05. The Hall–Kier alpha value is -1.14. The highest BCUT2D eigenvalue weighted by Gasteiger charge is 1.99. The van der Waals surface area contributed by atoms with Crippen LogP contribution in [0.25, 0.3) is 0 Å². The zero-order chi connectivity index (χ0) is 8.97. The van der Waals surface area contributed by atoms with Crippen molar-refractivity contribution < 1.29 is 4.79 Å². The maximum atomic E-state index is 9.97. The van der Waals surface area contributed by atoms with Crippen molar-refractivity contribution >= 4 is 17.6 Å². The molecule has 62 valence electrons. The van der Waals surface area contributed by atoms with Gasteiger partial charge in [0.25, 0.3) is 0 Å². The summed E-state index contributed by atoms with van der Waals surface area (Å²) in [6, 6.07) is 0. The second-order valence-electron chi connectivity index (χ2n) is 2.32. The fourth-order valence-corrected chi connectivity index (χ4v) is 1.61. The van der Waals surface area contributed by atoms with Gasteiger partial charge in [0.15, 0.2) is 0 Å². The molecular formula is C9H9NOS. The molecular weight excluding hydrogens is 170 g/mol. The van der Waals surface area contributed by atoms with Crippen LogP contribution in [0.2, 0.25) is 0 Å². The molecule has 2 nitrogen and oxygen atoms in total. The van der Waals surface area contributed by atoms with E-state index >= 15 is 0 Å². The summed E-state index contributed by atoms with van der Waals surface area (Å²) in [5.74, 6) is 5.67. The number of aromatic nitrogens is 1. The molecule has 12 heavy (non-hydrogen) atoms. The summed E-state index contributed by atoms with van der Waals surface area (Å²) in [4.78, 5) is 15.2. The topological polar surface area (TPSA) is 30.0 Å². The maximum Gasteiger partial charge on any atom is 0.131 e. The molecule has 0 N–H and O–H groups in total. The third kappa shape index (κ3) is 2.18. The minimum absolute atomic E-state index is 0.302. The molecule has 0 unspecified atom stereocenters. The number of carbonyl (C=O) groups is 1. The quantitative estimate of drug-likeness (QED) is 0.485. The number of hydrogen-bond acceptors (Lipinski definition) is 3. The van der Waals surface area contributed by atoms with Gasteiger partial charge in [-0.25, -0.2) is 4.98 Å². The summed E-state index contributed by atoms with van der Waals surface area (Å²) in [7, 11) is 0. The molecule has 0 saturated carbocycles. The van der Waals surface area contributed by atoms with Gasteiger partial charge in [0.05, 0.1) is 22.0 Å². The van der Waals surface area contributed by atoms with Crippen LogP contribution in [0.3, 0.4) is 0 Å². The number of aryl methyl sites for hydroxylation is 2. The van der Waals surface area contributed by atoms with E-state index in [9.17, 15) is 4.79 Å². The summed E-state index contributed by atoms with van der Waals surface area (Å²) < 4.78 is 0. The van der Waals surface area contributed by atoms with Gasteiger partial charge in [0.1, 0.15) is 6.29 Å². The van der Waals surface area contributed by atoms with E-state index in [1.165, 1.54) is 0 Å². The van der Waals surface area contributed by atoms with Crippen LogP contribution < -0.4 is 0 Å². The van der Waals surface area contributed by atoms with Gasteiger partial charge in [-0.2, -0.15) is 0 Å². The fraction of sp³-hybridized carbons (Fsp3) is 0.333. The first kappa shape index (κ1) is 8.95. The van der Waals surface area contributed by atoms with E-state index in [4.69, 9.17) is 0 Å². The van der Waals surface area contributed by atoms with Crippen molar-refractivity contribution in [2.45, 2.75) is 20.3 Å². The van der Waals surface area contributed by atoms with Gasteiger partial charge in [-0.05, 0) is 13.8 Å².